The van der Waals surface area contributed by atoms with E-state index < -0.39 is 18.6 Å². The Hall–Kier alpha value is -1.53. The molecule has 1 aromatic rings. The van der Waals surface area contributed by atoms with Gasteiger partial charge in [-0.05, 0) is 13.3 Å². The van der Waals surface area contributed by atoms with Gasteiger partial charge in [-0.15, -0.1) is 0 Å². The van der Waals surface area contributed by atoms with Crippen LogP contribution in [0.25, 0.3) is 0 Å². The maximum Gasteiger partial charge on any atom is 0.391 e. The summed E-state index contributed by atoms with van der Waals surface area (Å²) in [5.74, 6) is 0.897. The fourth-order valence-corrected chi connectivity index (χ4v) is 1.42. The van der Waals surface area contributed by atoms with Crippen LogP contribution in [-0.4, -0.2) is 28.7 Å². The molecule has 1 aromatic heterocycles. The van der Waals surface area contributed by atoms with Crippen LogP contribution < -0.4 is 10.6 Å². The molecular formula is C11H17F3N4. The molecule has 2 N–H and O–H groups in total. The van der Waals surface area contributed by atoms with Crippen LogP contribution in [0.1, 0.15) is 26.7 Å². The molecule has 0 aliphatic rings. The Balaban J connectivity index is 2.56. The van der Waals surface area contributed by atoms with Crippen LogP contribution in [0.2, 0.25) is 0 Å². The van der Waals surface area contributed by atoms with Gasteiger partial charge in [-0.2, -0.15) is 13.2 Å². The van der Waals surface area contributed by atoms with Crippen molar-refractivity contribution in [2.75, 3.05) is 17.2 Å². The van der Waals surface area contributed by atoms with E-state index in [1.807, 2.05) is 6.92 Å². The fourth-order valence-electron chi connectivity index (χ4n) is 1.42. The van der Waals surface area contributed by atoms with Crippen LogP contribution in [-0.2, 0) is 0 Å². The largest absolute Gasteiger partial charge is 0.391 e. The normalized spacial score (nSPS) is 13.2. The number of nitrogens with one attached hydrogen (secondary N) is 2. The fraction of sp³-hybridized carbons (Fsp3) is 0.636. The van der Waals surface area contributed by atoms with Crippen molar-refractivity contribution < 1.29 is 13.2 Å². The monoisotopic (exact) mass is 262 g/mol. The number of hydrogen-bond acceptors (Lipinski definition) is 4. The van der Waals surface area contributed by atoms with Gasteiger partial charge in [0.25, 0.3) is 0 Å². The van der Waals surface area contributed by atoms with Crippen LogP contribution in [0.4, 0.5) is 24.8 Å². The second-order valence-corrected chi connectivity index (χ2v) is 4.08. The predicted octanol–water partition coefficient (Wildman–Crippen LogP) is 3.05. The van der Waals surface area contributed by atoms with Gasteiger partial charge in [0.15, 0.2) is 0 Å². The molecule has 0 amide bonds. The van der Waals surface area contributed by atoms with Gasteiger partial charge < -0.3 is 10.6 Å². The summed E-state index contributed by atoms with van der Waals surface area (Å²) in [5.41, 5.74) is 0. The third-order valence-electron chi connectivity index (χ3n) is 2.12. The van der Waals surface area contributed by atoms with Gasteiger partial charge in [0, 0.05) is 12.6 Å². The molecular weight excluding hydrogens is 245 g/mol. The van der Waals surface area contributed by atoms with Crippen molar-refractivity contribution in [3.05, 3.63) is 12.4 Å². The van der Waals surface area contributed by atoms with Crippen LogP contribution in [0.15, 0.2) is 12.4 Å². The Kier molecular flexibility index (Phi) is 5.18. The number of halogens is 3. The highest BCUT2D eigenvalue weighted by atomic mass is 19.4. The Bertz CT molecular complexity index is 368. The second-order valence-electron chi connectivity index (χ2n) is 4.08. The van der Waals surface area contributed by atoms with Crippen molar-refractivity contribution in [2.45, 2.75) is 38.9 Å². The maximum atomic E-state index is 12.2. The highest BCUT2D eigenvalue weighted by Crippen LogP contribution is 2.22. The van der Waals surface area contributed by atoms with Crippen molar-refractivity contribution in [3.8, 4) is 0 Å². The minimum absolute atomic E-state index is 0.341. The van der Waals surface area contributed by atoms with Gasteiger partial charge in [0.2, 0.25) is 0 Å². The molecule has 7 heteroatoms. The number of hydrogen-bond donors (Lipinski definition) is 2. The lowest BCUT2D eigenvalue weighted by Crippen LogP contribution is -2.24. The molecule has 1 unspecified atom stereocenters. The Morgan fingerprint density at radius 3 is 2.56 bits per heavy atom. The van der Waals surface area contributed by atoms with Crippen molar-refractivity contribution in [2.24, 2.45) is 0 Å². The first-order valence-corrected chi connectivity index (χ1v) is 5.80. The predicted molar refractivity (Wildman–Crippen MR) is 64.6 cm³/mol. The number of alkyl halides is 3. The zero-order valence-electron chi connectivity index (χ0n) is 10.4. The molecule has 0 aliphatic heterocycles. The van der Waals surface area contributed by atoms with Crippen molar-refractivity contribution in [3.63, 3.8) is 0 Å². The molecule has 0 bridgehead atoms. The molecule has 0 saturated heterocycles. The molecule has 1 atom stereocenters. The molecule has 4 nitrogen and oxygen atoms in total. The van der Waals surface area contributed by atoms with E-state index in [1.54, 1.807) is 0 Å². The minimum atomic E-state index is -4.18. The van der Waals surface area contributed by atoms with Gasteiger partial charge >= 0.3 is 6.18 Å². The molecule has 0 aromatic carbocycles. The van der Waals surface area contributed by atoms with Crippen LogP contribution in [0.3, 0.4) is 0 Å². The van der Waals surface area contributed by atoms with Crippen LogP contribution >= 0.6 is 0 Å². The van der Waals surface area contributed by atoms with Crippen LogP contribution in [0, 0.1) is 0 Å². The van der Waals surface area contributed by atoms with E-state index in [-0.39, 0.29) is 0 Å². The zero-order valence-corrected chi connectivity index (χ0v) is 10.4. The topological polar surface area (TPSA) is 49.8 Å². The molecule has 1 rings (SSSR count). The smallest absolute Gasteiger partial charge is 0.369 e. The third-order valence-corrected chi connectivity index (χ3v) is 2.12. The molecule has 0 spiro atoms. The molecule has 18 heavy (non-hydrogen) atoms. The summed E-state index contributed by atoms with van der Waals surface area (Å²) < 4.78 is 36.5. The van der Waals surface area contributed by atoms with Gasteiger partial charge in [-0.25, -0.2) is 4.98 Å². The van der Waals surface area contributed by atoms with Crippen LogP contribution in [0.5, 0.6) is 0 Å². The zero-order chi connectivity index (χ0) is 13.6. The number of aromatic nitrogens is 2. The first-order valence-electron chi connectivity index (χ1n) is 5.80. The summed E-state index contributed by atoms with van der Waals surface area (Å²) in [6.07, 6.45) is -1.21. The van der Waals surface area contributed by atoms with E-state index in [0.29, 0.717) is 11.6 Å². The average molecular weight is 262 g/mol. The van der Waals surface area contributed by atoms with E-state index in [9.17, 15) is 13.2 Å². The van der Waals surface area contributed by atoms with E-state index >= 15 is 0 Å². The van der Waals surface area contributed by atoms with Gasteiger partial charge in [-0.3, -0.25) is 4.98 Å². The van der Waals surface area contributed by atoms with Crippen molar-refractivity contribution in [1.82, 2.24) is 9.97 Å². The quantitative estimate of drug-likeness (QED) is 0.827. The standard InChI is InChI=1S/C11H17F3N4/c1-3-4-16-9-6-15-7-10(18-9)17-8(2)5-11(12,13)14/h6-8H,3-5H2,1-2H3,(H2,16,17,18). The van der Waals surface area contributed by atoms with E-state index in [1.165, 1.54) is 19.3 Å². The third kappa shape index (κ3) is 5.70. The maximum absolute atomic E-state index is 12.2. The Morgan fingerprint density at radius 1 is 1.28 bits per heavy atom. The summed E-state index contributed by atoms with van der Waals surface area (Å²) in [6.45, 7) is 4.21. The number of anilines is 2. The molecule has 0 radical (unpaired) electrons. The Labute approximate surface area is 104 Å². The number of rotatable bonds is 6. The summed E-state index contributed by atoms with van der Waals surface area (Å²) in [6, 6.07) is -0.735. The summed E-state index contributed by atoms with van der Waals surface area (Å²) in [4.78, 5) is 8.05. The number of nitrogens with zero attached hydrogens (tertiary/aromatic N) is 2. The highest BCUT2D eigenvalue weighted by Gasteiger charge is 2.30. The average Bonchev–Trinajstić information content (AvgIpc) is 2.24. The molecule has 0 saturated carbocycles. The SMILES string of the molecule is CCCNc1cncc(NC(C)CC(F)(F)F)n1. The Morgan fingerprint density at radius 2 is 1.94 bits per heavy atom. The van der Waals surface area contributed by atoms with E-state index in [2.05, 4.69) is 20.6 Å². The summed E-state index contributed by atoms with van der Waals surface area (Å²) in [7, 11) is 0. The molecule has 0 fully saturated rings. The van der Waals surface area contributed by atoms with Gasteiger partial charge in [-0.1, -0.05) is 6.92 Å². The van der Waals surface area contributed by atoms with Crippen molar-refractivity contribution >= 4 is 11.6 Å². The first-order chi connectivity index (χ1) is 8.40. The van der Waals surface area contributed by atoms with Crippen molar-refractivity contribution in [1.29, 1.82) is 0 Å². The minimum Gasteiger partial charge on any atom is -0.369 e. The summed E-state index contributed by atoms with van der Waals surface area (Å²) >= 11 is 0. The second kappa shape index (κ2) is 6.42. The lowest BCUT2D eigenvalue weighted by Gasteiger charge is -2.16. The van der Waals surface area contributed by atoms with Gasteiger partial charge in [0.05, 0.1) is 18.8 Å². The lowest BCUT2D eigenvalue weighted by atomic mass is 10.2. The van der Waals surface area contributed by atoms with Gasteiger partial charge in [0.1, 0.15) is 11.6 Å². The first kappa shape index (κ1) is 14.5. The lowest BCUT2D eigenvalue weighted by molar-refractivity contribution is -0.136. The molecule has 1 heterocycles. The highest BCUT2D eigenvalue weighted by molar-refractivity contribution is 5.41. The van der Waals surface area contributed by atoms with E-state index in [4.69, 9.17) is 0 Å². The van der Waals surface area contributed by atoms with E-state index in [0.717, 1.165) is 13.0 Å². The molecule has 0 aliphatic carbocycles. The summed E-state index contributed by atoms with van der Waals surface area (Å²) in [5, 5.41) is 5.70. The molecule has 102 valence electrons.